The summed E-state index contributed by atoms with van der Waals surface area (Å²) in [7, 11) is 1.46. The molecule has 1 aromatic carbocycles. The fourth-order valence-corrected chi connectivity index (χ4v) is 2.55. The van der Waals surface area contributed by atoms with Crippen molar-refractivity contribution in [3.8, 4) is 0 Å². The first-order chi connectivity index (χ1) is 10.9. The van der Waals surface area contributed by atoms with Crippen molar-refractivity contribution >= 4 is 11.8 Å². The molecule has 1 unspecified atom stereocenters. The molecule has 1 aliphatic rings. The maximum absolute atomic E-state index is 13.6. The zero-order chi connectivity index (χ0) is 17.0. The van der Waals surface area contributed by atoms with Crippen LogP contribution in [0.3, 0.4) is 0 Å². The fourth-order valence-electron chi connectivity index (χ4n) is 2.55. The van der Waals surface area contributed by atoms with Gasteiger partial charge in [0.05, 0.1) is 6.61 Å². The first kappa shape index (κ1) is 17.4. The highest BCUT2D eigenvalue weighted by molar-refractivity contribution is 5.94. The van der Waals surface area contributed by atoms with Gasteiger partial charge in [0.15, 0.2) is 0 Å². The number of halogens is 1. The number of methoxy groups -OCH3 is 1. The van der Waals surface area contributed by atoms with Crippen molar-refractivity contribution in [2.75, 3.05) is 33.3 Å². The van der Waals surface area contributed by atoms with E-state index in [1.54, 1.807) is 4.90 Å². The van der Waals surface area contributed by atoms with Crippen molar-refractivity contribution in [2.45, 2.75) is 19.6 Å². The number of benzene rings is 1. The van der Waals surface area contributed by atoms with Crippen LogP contribution < -0.4 is 0 Å². The van der Waals surface area contributed by atoms with Crippen LogP contribution in [0, 0.1) is 5.82 Å². The van der Waals surface area contributed by atoms with E-state index in [1.165, 1.54) is 37.1 Å². The van der Waals surface area contributed by atoms with E-state index >= 15 is 0 Å². The highest BCUT2D eigenvalue weighted by Gasteiger charge is 2.26. The predicted octanol–water partition coefficient (Wildman–Crippen LogP) is 0.637. The van der Waals surface area contributed by atoms with Gasteiger partial charge in [-0.25, -0.2) is 4.39 Å². The zero-order valence-electron chi connectivity index (χ0n) is 13.3. The van der Waals surface area contributed by atoms with Gasteiger partial charge in [0.25, 0.3) is 11.8 Å². The van der Waals surface area contributed by atoms with Gasteiger partial charge in [-0.1, -0.05) is 0 Å². The number of rotatable bonds is 4. The number of aliphatic hydroxyl groups is 1. The van der Waals surface area contributed by atoms with Gasteiger partial charge in [0.2, 0.25) is 0 Å². The first-order valence-corrected chi connectivity index (χ1v) is 7.47. The Hall–Kier alpha value is -1.99. The summed E-state index contributed by atoms with van der Waals surface area (Å²) in [5.41, 5.74) is 0.732. The maximum atomic E-state index is 13.6. The van der Waals surface area contributed by atoms with Gasteiger partial charge in [-0.05, 0) is 25.1 Å². The second-order valence-electron chi connectivity index (χ2n) is 5.53. The lowest BCUT2D eigenvalue weighted by molar-refractivity contribution is -0.140. The number of hydrogen-bond donors (Lipinski definition) is 1. The molecule has 6 nitrogen and oxygen atoms in total. The first-order valence-electron chi connectivity index (χ1n) is 7.47. The van der Waals surface area contributed by atoms with Gasteiger partial charge in [0.1, 0.15) is 11.9 Å². The number of aliphatic hydroxyl groups excluding tert-OH is 1. The minimum absolute atomic E-state index is 0.101. The number of hydrogen-bond acceptors (Lipinski definition) is 4. The minimum atomic E-state index is -1.04. The van der Waals surface area contributed by atoms with E-state index in [4.69, 9.17) is 4.74 Å². The topological polar surface area (TPSA) is 70.1 Å². The molecular weight excluding hydrogens is 303 g/mol. The Labute approximate surface area is 134 Å². The average Bonchev–Trinajstić information content (AvgIpc) is 2.56. The molecule has 1 heterocycles. The number of nitrogens with zero attached hydrogens (tertiary/aromatic N) is 2. The third-order valence-corrected chi connectivity index (χ3v) is 3.83. The summed E-state index contributed by atoms with van der Waals surface area (Å²) in [6.45, 7) is 3.05. The van der Waals surface area contributed by atoms with E-state index in [0.717, 1.165) is 0 Å². The SMILES string of the molecule is COCc1cc(C(=O)N2CCN(C(=O)C(C)O)CC2)ccc1F. The lowest BCUT2D eigenvalue weighted by Crippen LogP contribution is -2.52. The summed E-state index contributed by atoms with van der Waals surface area (Å²) in [4.78, 5) is 27.4. The molecule has 2 rings (SSSR count). The van der Waals surface area contributed by atoms with Gasteiger partial charge in [0, 0.05) is 44.4 Å². The zero-order valence-corrected chi connectivity index (χ0v) is 13.3. The monoisotopic (exact) mass is 324 g/mol. The average molecular weight is 324 g/mol. The Kier molecular flexibility index (Phi) is 5.68. The number of ether oxygens (including phenoxy) is 1. The third kappa shape index (κ3) is 4.05. The lowest BCUT2D eigenvalue weighted by Gasteiger charge is -2.35. The Bertz CT molecular complexity index is 583. The molecule has 7 heteroatoms. The largest absolute Gasteiger partial charge is 0.384 e. The molecule has 0 bridgehead atoms. The van der Waals surface area contributed by atoms with Crippen molar-refractivity contribution in [1.29, 1.82) is 0 Å². The van der Waals surface area contributed by atoms with Gasteiger partial charge >= 0.3 is 0 Å². The second-order valence-corrected chi connectivity index (χ2v) is 5.53. The van der Waals surface area contributed by atoms with Gasteiger partial charge in [-0.2, -0.15) is 0 Å². The van der Waals surface area contributed by atoms with E-state index in [2.05, 4.69) is 0 Å². The van der Waals surface area contributed by atoms with Crippen molar-refractivity contribution in [3.05, 3.63) is 35.1 Å². The van der Waals surface area contributed by atoms with Crippen LogP contribution in [0.5, 0.6) is 0 Å². The molecule has 0 saturated carbocycles. The predicted molar refractivity (Wildman–Crippen MR) is 81.3 cm³/mol. The quantitative estimate of drug-likeness (QED) is 0.882. The molecule has 2 amide bonds. The van der Waals surface area contributed by atoms with Crippen molar-refractivity contribution in [2.24, 2.45) is 0 Å². The van der Waals surface area contributed by atoms with Crippen molar-refractivity contribution in [3.63, 3.8) is 0 Å². The summed E-state index contributed by atoms with van der Waals surface area (Å²) < 4.78 is 18.5. The molecule has 1 aromatic rings. The lowest BCUT2D eigenvalue weighted by atomic mass is 10.1. The van der Waals surface area contributed by atoms with Crippen molar-refractivity contribution in [1.82, 2.24) is 9.80 Å². The normalized spacial score (nSPS) is 16.3. The molecule has 1 fully saturated rings. The second kappa shape index (κ2) is 7.52. The van der Waals surface area contributed by atoms with Gasteiger partial charge in [-0.3, -0.25) is 9.59 Å². The van der Waals surface area contributed by atoms with Crippen LogP contribution in [-0.2, 0) is 16.1 Å². The Morgan fingerprint density at radius 3 is 2.43 bits per heavy atom. The molecule has 126 valence electrons. The highest BCUT2D eigenvalue weighted by atomic mass is 19.1. The molecule has 1 saturated heterocycles. The van der Waals surface area contributed by atoms with Crippen LogP contribution in [0.4, 0.5) is 4.39 Å². The van der Waals surface area contributed by atoms with E-state index < -0.39 is 11.9 Å². The van der Waals surface area contributed by atoms with Crippen LogP contribution in [0.2, 0.25) is 0 Å². The number of amides is 2. The molecule has 0 radical (unpaired) electrons. The van der Waals surface area contributed by atoms with E-state index in [9.17, 15) is 19.1 Å². The molecule has 0 spiro atoms. The highest BCUT2D eigenvalue weighted by Crippen LogP contribution is 2.15. The summed E-state index contributed by atoms with van der Waals surface area (Å²) >= 11 is 0. The van der Waals surface area contributed by atoms with Crippen LogP contribution >= 0.6 is 0 Å². The Balaban J connectivity index is 2.02. The number of carbonyl (C=O) groups excluding carboxylic acids is 2. The molecule has 1 aliphatic heterocycles. The minimum Gasteiger partial charge on any atom is -0.384 e. The number of carbonyl (C=O) groups is 2. The fraction of sp³-hybridized carbons (Fsp3) is 0.500. The molecule has 23 heavy (non-hydrogen) atoms. The van der Waals surface area contributed by atoms with Crippen LogP contribution in [-0.4, -0.2) is 66.1 Å². The van der Waals surface area contributed by atoms with E-state index in [0.29, 0.717) is 37.3 Å². The smallest absolute Gasteiger partial charge is 0.253 e. The van der Waals surface area contributed by atoms with Crippen LogP contribution in [0.1, 0.15) is 22.8 Å². The summed E-state index contributed by atoms with van der Waals surface area (Å²) in [5.74, 6) is -0.941. The maximum Gasteiger partial charge on any atom is 0.253 e. The van der Waals surface area contributed by atoms with Gasteiger partial charge in [-0.15, -0.1) is 0 Å². The molecule has 1 N–H and O–H groups in total. The summed E-state index contributed by atoms with van der Waals surface area (Å²) in [6, 6.07) is 4.20. The van der Waals surface area contributed by atoms with Crippen LogP contribution in [0.25, 0.3) is 0 Å². The Morgan fingerprint density at radius 1 is 1.26 bits per heavy atom. The third-order valence-electron chi connectivity index (χ3n) is 3.83. The van der Waals surface area contributed by atoms with Crippen LogP contribution in [0.15, 0.2) is 18.2 Å². The molecule has 0 aliphatic carbocycles. The van der Waals surface area contributed by atoms with E-state index in [1.807, 2.05) is 0 Å². The summed E-state index contributed by atoms with van der Waals surface area (Å²) in [6.07, 6.45) is -1.04. The number of piperazine rings is 1. The molecular formula is C16H21FN2O4. The summed E-state index contributed by atoms with van der Waals surface area (Å²) in [5, 5.41) is 9.31. The van der Waals surface area contributed by atoms with E-state index in [-0.39, 0.29) is 18.4 Å². The molecule has 0 aromatic heterocycles. The van der Waals surface area contributed by atoms with Gasteiger partial charge < -0.3 is 19.6 Å². The van der Waals surface area contributed by atoms with Crippen molar-refractivity contribution < 1.29 is 23.8 Å². The standard InChI is InChI=1S/C16H21FN2O4/c1-11(20)15(21)18-5-7-19(8-6-18)16(22)12-3-4-14(17)13(9-12)10-23-2/h3-4,9,11,20H,5-8,10H2,1-2H3. The Morgan fingerprint density at radius 2 is 1.87 bits per heavy atom. The molecule has 1 atom stereocenters.